The Balaban J connectivity index is 1.55. The molecule has 1 aliphatic carbocycles. The molecule has 5 heteroatoms. The van der Waals surface area contributed by atoms with Crippen LogP contribution < -0.4 is 10.2 Å². The van der Waals surface area contributed by atoms with Crippen LogP contribution in [0.4, 0.5) is 5.00 Å². The Bertz CT molecular complexity index is 463. The van der Waals surface area contributed by atoms with Crippen LogP contribution in [-0.2, 0) is 0 Å². The number of hydrogen-bond acceptors (Lipinski definition) is 3. The highest BCUT2D eigenvalue weighted by Gasteiger charge is 2.32. The normalized spacial score (nSPS) is 26.1. The van der Waals surface area contributed by atoms with Gasteiger partial charge in [0.25, 0.3) is 0 Å². The Labute approximate surface area is 131 Å². The van der Waals surface area contributed by atoms with E-state index in [-0.39, 0.29) is 0 Å². The van der Waals surface area contributed by atoms with E-state index in [1.165, 1.54) is 11.4 Å². The first-order valence-electron chi connectivity index (χ1n) is 8.09. The summed E-state index contributed by atoms with van der Waals surface area (Å²) in [4.78, 5) is 9.75. The van der Waals surface area contributed by atoms with Gasteiger partial charge in [-0.05, 0) is 42.7 Å². The van der Waals surface area contributed by atoms with Gasteiger partial charge in [-0.15, -0.1) is 11.3 Å². The number of piperazine rings is 1. The zero-order valence-electron chi connectivity index (χ0n) is 13.1. The lowest BCUT2D eigenvalue weighted by molar-refractivity contribution is 0.373. The van der Waals surface area contributed by atoms with Crippen LogP contribution in [0.25, 0.3) is 0 Å². The topological polar surface area (TPSA) is 30.9 Å². The lowest BCUT2D eigenvalue weighted by Crippen LogP contribution is -2.52. The molecule has 0 spiro atoms. The Morgan fingerprint density at radius 2 is 2.14 bits per heavy atom. The minimum Gasteiger partial charge on any atom is -0.360 e. The maximum atomic E-state index is 4.85. The molecule has 116 valence electrons. The Morgan fingerprint density at radius 3 is 2.71 bits per heavy atom. The average Bonchev–Trinajstić information content (AvgIpc) is 2.99. The quantitative estimate of drug-likeness (QED) is 0.685. The van der Waals surface area contributed by atoms with Gasteiger partial charge in [0, 0.05) is 39.3 Å². The van der Waals surface area contributed by atoms with Gasteiger partial charge in [-0.3, -0.25) is 4.99 Å². The van der Waals surface area contributed by atoms with Crippen LogP contribution in [-0.4, -0.2) is 50.1 Å². The van der Waals surface area contributed by atoms with E-state index in [2.05, 4.69) is 46.5 Å². The Morgan fingerprint density at radius 1 is 1.38 bits per heavy atom. The summed E-state index contributed by atoms with van der Waals surface area (Å²) < 4.78 is 0. The molecule has 2 atom stereocenters. The van der Waals surface area contributed by atoms with Crippen LogP contribution in [0.3, 0.4) is 0 Å². The molecule has 0 radical (unpaired) electrons. The molecule has 2 heterocycles. The molecule has 0 amide bonds. The van der Waals surface area contributed by atoms with Crippen LogP contribution >= 0.6 is 11.3 Å². The van der Waals surface area contributed by atoms with Crippen molar-refractivity contribution in [1.29, 1.82) is 0 Å². The van der Waals surface area contributed by atoms with Crippen LogP contribution in [0.15, 0.2) is 22.5 Å². The van der Waals surface area contributed by atoms with Gasteiger partial charge in [-0.1, -0.05) is 6.92 Å². The Kier molecular flexibility index (Phi) is 4.68. The highest BCUT2D eigenvalue weighted by Crippen LogP contribution is 2.37. The van der Waals surface area contributed by atoms with Gasteiger partial charge in [0.2, 0.25) is 0 Å². The first kappa shape index (κ1) is 14.7. The number of nitrogens with one attached hydrogen (secondary N) is 1. The molecular formula is C16H26N4S. The summed E-state index contributed by atoms with van der Waals surface area (Å²) in [5, 5.41) is 7.01. The van der Waals surface area contributed by atoms with Gasteiger partial charge in [0.05, 0.1) is 5.00 Å². The fourth-order valence-electron chi connectivity index (χ4n) is 2.87. The van der Waals surface area contributed by atoms with Crippen LogP contribution in [0, 0.1) is 11.8 Å². The maximum Gasteiger partial charge on any atom is 0.194 e. The lowest BCUT2D eigenvalue weighted by atomic mass is 10.3. The first-order valence-corrected chi connectivity index (χ1v) is 8.97. The van der Waals surface area contributed by atoms with Crippen molar-refractivity contribution in [3.05, 3.63) is 17.5 Å². The summed E-state index contributed by atoms with van der Waals surface area (Å²) >= 11 is 1.83. The fourth-order valence-corrected chi connectivity index (χ4v) is 3.66. The second-order valence-corrected chi connectivity index (χ2v) is 7.02. The molecule has 2 unspecified atom stereocenters. The predicted octanol–water partition coefficient (Wildman–Crippen LogP) is 2.49. The number of guanidine groups is 1. The standard InChI is InChI=1S/C16H26N4S/c1-3-17-16(18-12-14-11-13(14)2)20-8-6-19(7-9-20)15-5-4-10-21-15/h4-5,10,13-14H,3,6-9,11-12H2,1-2H3,(H,17,18). The van der Waals surface area contributed by atoms with Crippen molar-refractivity contribution in [1.82, 2.24) is 10.2 Å². The SMILES string of the molecule is CCNC(=NCC1CC1C)N1CCN(c2cccs2)CC1. The van der Waals surface area contributed by atoms with Gasteiger partial charge in [-0.25, -0.2) is 0 Å². The number of anilines is 1. The molecule has 1 aromatic rings. The summed E-state index contributed by atoms with van der Waals surface area (Å²) in [7, 11) is 0. The molecule has 3 rings (SSSR count). The van der Waals surface area contributed by atoms with Gasteiger partial charge in [-0.2, -0.15) is 0 Å². The van der Waals surface area contributed by atoms with E-state index in [1.807, 2.05) is 11.3 Å². The average molecular weight is 306 g/mol. The van der Waals surface area contributed by atoms with Gasteiger partial charge in [0.15, 0.2) is 5.96 Å². The zero-order valence-corrected chi connectivity index (χ0v) is 13.9. The van der Waals surface area contributed by atoms with E-state index in [0.717, 1.165) is 57.1 Å². The molecule has 1 saturated carbocycles. The molecule has 1 saturated heterocycles. The minimum atomic E-state index is 0.825. The van der Waals surface area contributed by atoms with E-state index < -0.39 is 0 Å². The van der Waals surface area contributed by atoms with Crippen molar-refractivity contribution in [2.75, 3.05) is 44.2 Å². The number of thiophene rings is 1. The van der Waals surface area contributed by atoms with Crippen molar-refractivity contribution in [3.8, 4) is 0 Å². The van der Waals surface area contributed by atoms with Gasteiger partial charge < -0.3 is 15.1 Å². The van der Waals surface area contributed by atoms with E-state index >= 15 is 0 Å². The fraction of sp³-hybridized carbons (Fsp3) is 0.688. The summed E-state index contributed by atoms with van der Waals surface area (Å²) in [5.41, 5.74) is 0. The third-order valence-electron chi connectivity index (χ3n) is 4.48. The van der Waals surface area contributed by atoms with E-state index in [4.69, 9.17) is 4.99 Å². The van der Waals surface area contributed by atoms with Crippen molar-refractivity contribution >= 4 is 22.3 Å². The Hall–Kier alpha value is -1.23. The zero-order chi connectivity index (χ0) is 14.7. The highest BCUT2D eigenvalue weighted by atomic mass is 32.1. The van der Waals surface area contributed by atoms with Crippen molar-refractivity contribution in [3.63, 3.8) is 0 Å². The summed E-state index contributed by atoms with van der Waals surface area (Å²) in [6, 6.07) is 4.35. The molecule has 1 aromatic heterocycles. The molecule has 1 aliphatic heterocycles. The minimum absolute atomic E-state index is 0.825. The van der Waals surface area contributed by atoms with Gasteiger partial charge >= 0.3 is 0 Å². The second kappa shape index (κ2) is 6.69. The lowest BCUT2D eigenvalue weighted by Gasteiger charge is -2.37. The third-order valence-corrected chi connectivity index (χ3v) is 5.41. The summed E-state index contributed by atoms with van der Waals surface area (Å²) in [6.45, 7) is 10.7. The van der Waals surface area contributed by atoms with E-state index in [1.54, 1.807) is 0 Å². The molecule has 0 aromatic carbocycles. The monoisotopic (exact) mass is 306 g/mol. The molecule has 4 nitrogen and oxygen atoms in total. The van der Waals surface area contributed by atoms with Crippen molar-refractivity contribution in [2.45, 2.75) is 20.3 Å². The number of rotatable bonds is 4. The molecule has 0 bridgehead atoms. The molecule has 2 fully saturated rings. The smallest absolute Gasteiger partial charge is 0.194 e. The van der Waals surface area contributed by atoms with Crippen LogP contribution in [0.2, 0.25) is 0 Å². The largest absolute Gasteiger partial charge is 0.360 e. The van der Waals surface area contributed by atoms with Crippen LogP contribution in [0.5, 0.6) is 0 Å². The molecular weight excluding hydrogens is 280 g/mol. The van der Waals surface area contributed by atoms with E-state index in [9.17, 15) is 0 Å². The molecule has 21 heavy (non-hydrogen) atoms. The highest BCUT2D eigenvalue weighted by molar-refractivity contribution is 7.14. The summed E-state index contributed by atoms with van der Waals surface area (Å²) in [6.07, 6.45) is 1.36. The predicted molar refractivity (Wildman–Crippen MR) is 91.4 cm³/mol. The summed E-state index contributed by atoms with van der Waals surface area (Å²) in [5.74, 6) is 2.82. The molecule has 1 N–H and O–H groups in total. The number of aliphatic imine (C=N–C) groups is 1. The van der Waals surface area contributed by atoms with Crippen molar-refractivity contribution in [2.24, 2.45) is 16.8 Å². The molecule has 2 aliphatic rings. The first-order chi connectivity index (χ1) is 10.3. The van der Waals surface area contributed by atoms with Gasteiger partial charge in [0.1, 0.15) is 0 Å². The number of nitrogens with zero attached hydrogens (tertiary/aromatic N) is 3. The second-order valence-electron chi connectivity index (χ2n) is 6.09. The van der Waals surface area contributed by atoms with E-state index in [0.29, 0.717) is 0 Å². The van der Waals surface area contributed by atoms with Crippen molar-refractivity contribution < 1.29 is 0 Å². The number of hydrogen-bond donors (Lipinski definition) is 1. The third kappa shape index (κ3) is 3.70. The maximum absolute atomic E-state index is 4.85. The van der Waals surface area contributed by atoms with Crippen LogP contribution in [0.1, 0.15) is 20.3 Å².